The Hall–Kier alpha value is -1.55. The molecule has 0 spiro atoms. The van der Waals surface area contributed by atoms with E-state index in [2.05, 4.69) is 12.2 Å². The fourth-order valence-electron chi connectivity index (χ4n) is 2.99. The van der Waals surface area contributed by atoms with Gasteiger partial charge >= 0.3 is 0 Å². The van der Waals surface area contributed by atoms with Crippen LogP contribution >= 0.6 is 0 Å². The molecule has 1 aliphatic heterocycles. The number of phenols is 1. The third-order valence-corrected chi connectivity index (χ3v) is 4.43. The van der Waals surface area contributed by atoms with E-state index in [0.29, 0.717) is 18.8 Å². The highest BCUT2D eigenvalue weighted by molar-refractivity contribution is 5.76. The Balaban J connectivity index is 1.81. The highest BCUT2D eigenvalue weighted by Gasteiger charge is 2.21. The molecule has 1 amide bonds. The number of quaternary nitrogens is 1. The van der Waals surface area contributed by atoms with Gasteiger partial charge in [-0.1, -0.05) is 19.1 Å². The molecule has 0 aromatic heterocycles. The van der Waals surface area contributed by atoms with Crippen LogP contribution in [0, 0.1) is 19.8 Å². The van der Waals surface area contributed by atoms with Gasteiger partial charge in [0.25, 0.3) is 5.91 Å². The second kappa shape index (κ2) is 6.94. The fraction of sp³-hybridized carbons (Fsp3) is 0.588. The van der Waals surface area contributed by atoms with Crippen molar-refractivity contribution in [2.75, 3.05) is 19.6 Å². The lowest BCUT2D eigenvalue weighted by Gasteiger charge is -2.26. The van der Waals surface area contributed by atoms with Crippen LogP contribution < -0.4 is 10.2 Å². The number of likely N-dealkylation sites (tertiary alicyclic amines) is 1. The van der Waals surface area contributed by atoms with E-state index in [1.165, 1.54) is 17.7 Å². The Kier molecular flexibility index (Phi) is 5.23. The maximum absolute atomic E-state index is 12.0. The van der Waals surface area contributed by atoms with Crippen LogP contribution in [0.25, 0.3) is 0 Å². The van der Waals surface area contributed by atoms with Crippen LogP contribution in [-0.4, -0.2) is 30.6 Å². The van der Waals surface area contributed by atoms with Crippen molar-refractivity contribution in [2.24, 2.45) is 5.92 Å². The first-order valence-corrected chi connectivity index (χ1v) is 7.85. The summed E-state index contributed by atoms with van der Waals surface area (Å²) >= 11 is 0. The lowest BCUT2D eigenvalue weighted by molar-refractivity contribution is -0.898. The molecule has 0 radical (unpaired) electrons. The quantitative estimate of drug-likeness (QED) is 0.773. The van der Waals surface area contributed by atoms with Crippen LogP contribution in [0.1, 0.15) is 36.5 Å². The van der Waals surface area contributed by atoms with E-state index >= 15 is 0 Å². The number of piperidine rings is 1. The van der Waals surface area contributed by atoms with E-state index in [-0.39, 0.29) is 5.91 Å². The van der Waals surface area contributed by atoms with Crippen molar-refractivity contribution in [3.8, 4) is 5.75 Å². The van der Waals surface area contributed by atoms with Crippen LogP contribution in [0.4, 0.5) is 0 Å². The van der Waals surface area contributed by atoms with Crippen molar-refractivity contribution in [1.29, 1.82) is 0 Å². The molecular formula is C17H27N2O2+. The number of nitrogens with one attached hydrogen (secondary N) is 2. The van der Waals surface area contributed by atoms with E-state index in [1.54, 1.807) is 0 Å². The van der Waals surface area contributed by atoms with E-state index in [1.807, 2.05) is 26.0 Å². The summed E-state index contributed by atoms with van der Waals surface area (Å²) in [4.78, 5) is 13.4. The first-order chi connectivity index (χ1) is 9.95. The van der Waals surface area contributed by atoms with Crippen LogP contribution in [0.15, 0.2) is 12.1 Å². The normalized spacial score (nSPS) is 22.0. The lowest BCUT2D eigenvalue weighted by Crippen LogP contribution is -3.14. The Labute approximate surface area is 127 Å². The largest absolute Gasteiger partial charge is 0.507 e. The number of aryl methyl sites for hydroxylation is 2. The Morgan fingerprint density at radius 1 is 1.29 bits per heavy atom. The molecule has 4 heteroatoms. The topological polar surface area (TPSA) is 53.8 Å². The number of aromatic hydroxyl groups is 1. The number of benzene rings is 1. The summed E-state index contributed by atoms with van der Waals surface area (Å²) in [6.07, 6.45) is 2.44. The maximum Gasteiger partial charge on any atom is 0.275 e. The van der Waals surface area contributed by atoms with Crippen molar-refractivity contribution >= 4 is 5.91 Å². The van der Waals surface area contributed by atoms with E-state index in [4.69, 9.17) is 0 Å². The zero-order chi connectivity index (χ0) is 15.4. The summed E-state index contributed by atoms with van der Waals surface area (Å²) < 4.78 is 0. The van der Waals surface area contributed by atoms with Gasteiger partial charge in [0, 0.05) is 6.54 Å². The summed E-state index contributed by atoms with van der Waals surface area (Å²) in [7, 11) is 0. The Morgan fingerprint density at radius 3 is 2.43 bits per heavy atom. The average molecular weight is 291 g/mol. The maximum atomic E-state index is 12.0. The molecule has 0 unspecified atom stereocenters. The Bertz CT molecular complexity index is 483. The van der Waals surface area contributed by atoms with E-state index in [9.17, 15) is 9.90 Å². The van der Waals surface area contributed by atoms with Gasteiger partial charge < -0.3 is 15.3 Å². The summed E-state index contributed by atoms with van der Waals surface area (Å²) in [5.74, 6) is 1.26. The van der Waals surface area contributed by atoms with Gasteiger partial charge in [-0.15, -0.1) is 0 Å². The van der Waals surface area contributed by atoms with Gasteiger partial charge in [0.05, 0.1) is 13.1 Å². The minimum absolute atomic E-state index is 0.114. The predicted molar refractivity (Wildman–Crippen MR) is 83.4 cm³/mol. The number of hydrogen-bond acceptors (Lipinski definition) is 2. The molecule has 1 heterocycles. The minimum atomic E-state index is 0.114. The molecule has 116 valence electrons. The van der Waals surface area contributed by atoms with Gasteiger partial charge in [-0.25, -0.2) is 0 Å². The first-order valence-electron chi connectivity index (χ1n) is 7.85. The van der Waals surface area contributed by atoms with E-state index < -0.39 is 0 Å². The molecule has 0 saturated carbocycles. The molecule has 2 rings (SSSR count). The molecule has 0 bridgehead atoms. The van der Waals surface area contributed by atoms with Gasteiger partial charge in [-0.2, -0.15) is 0 Å². The number of amides is 1. The van der Waals surface area contributed by atoms with Crippen molar-refractivity contribution in [3.05, 3.63) is 28.8 Å². The third kappa shape index (κ3) is 4.46. The van der Waals surface area contributed by atoms with Crippen molar-refractivity contribution in [3.63, 3.8) is 0 Å². The van der Waals surface area contributed by atoms with Gasteiger partial charge in [-0.3, -0.25) is 4.79 Å². The fourth-order valence-corrected chi connectivity index (χ4v) is 2.99. The monoisotopic (exact) mass is 291 g/mol. The van der Waals surface area contributed by atoms with Crippen LogP contribution in [0.2, 0.25) is 0 Å². The van der Waals surface area contributed by atoms with Crippen LogP contribution in [0.5, 0.6) is 5.75 Å². The van der Waals surface area contributed by atoms with Gasteiger partial charge in [0.1, 0.15) is 5.75 Å². The second-order valence-electron chi connectivity index (χ2n) is 6.46. The lowest BCUT2D eigenvalue weighted by atomic mass is 9.99. The smallest absolute Gasteiger partial charge is 0.275 e. The first kappa shape index (κ1) is 15.8. The van der Waals surface area contributed by atoms with Gasteiger partial charge in [0.2, 0.25) is 0 Å². The summed E-state index contributed by atoms with van der Waals surface area (Å²) in [5.41, 5.74) is 2.75. The average Bonchev–Trinajstić information content (AvgIpc) is 2.45. The molecule has 4 nitrogen and oxygen atoms in total. The van der Waals surface area contributed by atoms with Gasteiger partial charge in [0.15, 0.2) is 6.54 Å². The number of phenolic OH excluding ortho intramolecular Hbond substituents is 1. The molecule has 1 aromatic carbocycles. The van der Waals surface area contributed by atoms with Crippen molar-refractivity contribution in [1.82, 2.24) is 5.32 Å². The molecule has 0 atom stereocenters. The van der Waals surface area contributed by atoms with Crippen molar-refractivity contribution in [2.45, 2.75) is 40.2 Å². The third-order valence-electron chi connectivity index (χ3n) is 4.43. The molecule has 21 heavy (non-hydrogen) atoms. The number of carbonyl (C=O) groups excluding carboxylic acids is 1. The highest BCUT2D eigenvalue weighted by Crippen LogP contribution is 2.22. The molecule has 1 fully saturated rings. The standard InChI is InChI=1S/C17H26N2O2/c1-12-4-6-19(7-5-12)11-16(20)18-10-15-8-13(2)17(21)14(3)9-15/h8-9,12,21H,4-7,10-11H2,1-3H3,(H,18,20)/p+1. The molecule has 3 N–H and O–H groups in total. The van der Waals surface area contributed by atoms with E-state index in [0.717, 1.165) is 35.7 Å². The van der Waals surface area contributed by atoms with Gasteiger partial charge in [-0.05, 0) is 49.3 Å². The molecular weight excluding hydrogens is 264 g/mol. The number of rotatable bonds is 4. The number of carbonyl (C=O) groups is 1. The molecule has 1 aliphatic rings. The summed E-state index contributed by atoms with van der Waals surface area (Å²) in [5, 5.41) is 12.7. The zero-order valence-corrected chi connectivity index (χ0v) is 13.3. The minimum Gasteiger partial charge on any atom is -0.507 e. The highest BCUT2D eigenvalue weighted by atomic mass is 16.3. The summed E-state index contributed by atoms with van der Waals surface area (Å²) in [6, 6.07) is 3.86. The summed E-state index contributed by atoms with van der Waals surface area (Å²) in [6.45, 7) is 9.36. The second-order valence-corrected chi connectivity index (χ2v) is 6.46. The van der Waals surface area contributed by atoms with Crippen LogP contribution in [0.3, 0.4) is 0 Å². The number of hydrogen-bond donors (Lipinski definition) is 3. The SMILES string of the molecule is Cc1cc(CNC(=O)C[NH+]2CCC(C)CC2)cc(C)c1O. The molecule has 1 aromatic rings. The molecule has 0 aliphatic carbocycles. The van der Waals surface area contributed by atoms with Crippen molar-refractivity contribution < 1.29 is 14.8 Å². The Morgan fingerprint density at radius 2 is 1.86 bits per heavy atom. The molecule has 1 saturated heterocycles. The predicted octanol–water partition coefficient (Wildman–Crippen LogP) is 0.940. The van der Waals surface area contributed by atoms with Crippen LogP contribution in [-0.2, 0) is 11.3 Å². The zero-order valence-electron chi connectivity index (χ0n) is 13.3.